The first kappa shape index (κ1) is 17.9. The van der Waals surface area contributed by atoms with E-state index >= 15 is 0 Å². The summed E-state index contributed by atoms with van der Waals surface area (Å²) in [5.41, 5.74) is 14.5. The summed E-state index contributed by atoms with van der Waals surface area (Å²) in [5, 5.41) is 2.65. The molecular weight excluding hydrogens is 423 g/mol. The van der Waals surface area contributed by atoms with Gasteiger partial charge in [0.05, 0.1) is 16.7 Å². The Morgan fingerprint density at radius 1 is 0.514 bits per heavy atom. The molecular formula is C32H19BN2. The summed E-state index contributed by atoms with van der Waals surface area (Å²) in [4.78, 5) is 2.52. The molecule has 0 aliphatic carbocycles. The number of anilines is 3. The smallest absolute Gasteiger partial charge is 0.252 e. The van der Waals surface area contributed by atoms with E-state index in [1.165, 1.54) is 72.1 Å². The van der Waals surface area contributed by atoms with Crippen LogP contribution in [0, 0.1) is 0 Å². The van der Waals surface area contributed by atoms with Gasteiger partial charge in [0, 0.05) is 27.8 Å². The van der Waals surface area contributed by atoms with Crippen molar-refractivity contribution in [3.63, 3.8) is 0 Å². The van der Waals surface area contributed by atoms with E-state index in [1.54, 1.807) is 0 Å². The first-order chi connectivity index (χ1) is 17.4. The number of nitrogens with zero attached hydrogens (tertiary/aromatic N) is 2. The Hall–Kier alpha value is -4.50. The maximum absolute atomic E-state index is 2.52. The Balaban J connectivity index is 1.54. The van der Waals surface area contributed by atoms with Gasteiger partial charge in [0.1, 0.15) is 0 Å². The number of aromatic nitrogens is 1. The van der Waals surface area contributed by atoms with Crippen LogP contribution in [0.3, 0.4) is 0 Å². The van der Waals surface area contributed by atoms with Crippen molar-refractivity contribution in [2.75, 3.05) is 4.90 Å². The van der Waals surface area contributed by atoms with Crippen molar-refractivity contribution in [2.24, 2.45) is 0 Å². The molecule has 0 atom stereocenters. The van der Waals surface area contributed by atoms with Gasteiger partial charge in [-0.15, -0.1) is 0 Å². The molecule has 0 radical (unpaired) electrons. The monoisotopic (exact) mass is 442 g/mol. The van der Waals surface area contributed by atoms with Crippen LogP contribution in [-0.4, -0.2) is 11.3 Å². The predicted octanol–water partition coefficient (Wildman–Crippen LogP) is 5.88. The molecule has 35 heavy (non-hydrogen) atoms. The molecule has 3 aliphatic heterocycles. The molecule has 5 aromatic carbocycles. The van der Waals surface area contributed by atoms with Gasteiger partial charge in [0.25, 0.3) is 6.71 Å². The predicted molar refractivity (Wildman–Crippen MR) is 149 cm³/mol. The van der Waals surface area contributed by atoms with E-state index in [4.69, 9.17) is 0 Å². The third kappa shape index (κ3) is 2.04. The normalized spacial score (nSPS) is 14.1. The molecule has 160 valence electrons. The SMILES string of the molecule is C1=Cc2cccc3c2N(c2ccccc21)c1ccc2c4ccccc4n4c2c1B3c1ccccc1-4. The Morgan fingerprint density at radius 2 is 1.26 bits per heavy atom. The van der Waals surface area contributed by atoms with Crippen molar-refractivity contribution in [1.82, 2.24) is 4.57 Å². The number of hydrogen-bond donors (Lipinski definition) is 0. The van der Waals surface area contributed by atoms with E-state index in [1.807, 2.05) is 0 Å². The molecule has 0 unspecified atom stereocenters. The molecule has 3 aliphatic rings. The van der Waals surface area contributed by atoms with Crippen LogP contribution in [0.4, 0.5) is 17.1 Å². The largest absolute Gasteiger partial charge is 0.310 e. The highest BCUT2D eigenvalue weighted by molar-refractivity contribution is 7.00. The summed E-state index contributed by atoms with van der Waals surface area (Å²) in [6.45, 7) is 0.201. The first-order valence-electron chi connectivity index (χ1n) is 12.3. The summed E-state index contributed by atoms with van der Waals surface area (Å²) in [6.07, 6.45) is 4.55. The molecule has 0 saturated heterocycles. The quantitative estimate of drug-likeness (QED) is 0.266. The van der Waals surface area contributed by atoms with Gasteiger partial charge in [-0.25, -0.2) is 0 Å². The molecule has 0 bridgehead atoms. The van der Waals surface area contributed by atoms with Crippen LogP contribution in [0.5, 0.6) is 0 Å². The van der Waals surface area contributed by atoms with Gasteiger partial charge in [0.15, 0.2) is 0 Å². The number of fused-ring (bicyclic) bond motifs is 10. The second-order valence-corrected chi connectivity index (χ2v) is 9.75. The van der Waals surface area contributed by atoms with E-state index in [0.717, 1.165) is 0 Å². The molecule has 3 heteroatoms. The van der Waals surface area contributed by atoms with Gasteiger partial charge in [-0.1, -0.05) is 91.0 Å². The number of rotatable bonds is 0. The van der Waals surface area contributed by atoms with E-state index < -0.39 is 0 Å². The maximum Gasteiger partial charge on any atom is 0.252 e. The highest BCUT2D eigenvalue weighted by Crippen LogP contribution is 2.45. The van der Waals surface area contributed by atoms with Gasteiger partial charge in [0.2, 0.25) is 0 Å². The van der Waals surface area contributed by atoms with Crippen LogP contribution >= 0.6 is 0 Å². The minimum Gasteiger partial charge on any atom is -0.310 e. The van der Waals surface area contributed by atoms with Gasteiger partial charge in [-0.3, -0.25) is 0 Å². The highest BCUT2D eigenvalue weighted by Gasteiger charge is 2.42. The van der Waals surface area contributed by atoms with Crippen LogP contribution in [0.25, 0.3) is 39.6 Å². The molecule has 9 rings (SSSR count). The molecule has 6 aromatic rings. The lowest BCUT2D eigenvalue weighted by Crippen LogP contribution is -2.60. The fourth-order valence-corrected chi connectivity index (χ4v) is 6.80. The average molecular weight is 442 g/mol. The lowest BCUT2D eigenvalue weighted by Gasteiger charge is -2.40. The zero-order valence-electron chi connectivity index (χ0n) is 18.9. The molecule has 0 amide bonds. The van der Waals surface area contributed by atoms with Crippen LogP contribution in [0.2, 0.25) is 0 Å². The second kappa shape index (κ2) is 6.14. The van der Waals surface area contributed by atoms with E-state index in [9.17, 15) is 0 Å². The summed E-state index contributed by atoms with van der Waals surface area (Å²) in [7, 11) is 0. The van der Waals surface area contributed by atoms with Gasteiger partial charge in [-0.05, 0) is 51.8 Å². The minimum atomic E-state index is 0.201. The van der Waals surface area contributed by atoms with Crippen LogP contribution in [0.15, 0.2) is 103 Å². The van der Waals surface area contributed by atoms with Crippen molar-refractivity contribution in [1.29, 1.82) is 0 Å². The molecule has 2 nitrogen and oxygen atoms in total. The minimum absolute atomic E-state index is 0.201. The topological polar surface area (TPSA) is 8.17 Å². The zero-order valence-corrected chi connectivity index (χ0v) is 18.9. The summed E-state index contributed by atoms with van der Waals surface area (Å²) < 4.78 is 2.51. The van der Waals surface area contributed by atoms with E-state index in [0.29, 0.717) is 0 Å². The van der Waals surface area contributed by atoms with Gasteiger partial charge >= 0.3 is 0 Å². The lowest BCUT2D eigenvalue weighted by atomic mass is 9.33. The fraction of sp³-hybridized carbons (Fsp3) is 0. The Labute approximate surface area is 203 Å². The third-order valence-electron chi connectivity index (χ3n) is 8.12. The van der Waals surface area contributed by atoms with Gasteiger partial charge in [-0.2, -0.15) is 0 Å². The van der Waals surface area contributed by atoms with Crippen molar-refractivity contribution >= 4 is 74.1 Å². The van der Waals surface area contributed by atoms with Crippen molar-refractivity contribution in [3.8, 4) is 5.69 Å². The van der Waals surface area contributed by atoms with Crippen molar-refractivity contribution < 1.29 is 0 Å². The molecule has 0 saturated carbocycles. The van der Waals surface area contributed by atoms with Crippen LogP contribution < -0.4 is 21.3 Å². The Morgan fingerprint density at radius 3 is 2.23 bits per heavy atom. The number of para-hydroxylation sites is 4. The maximum atomic E-state index is 2.52. The second-order valence-electron chi connectivity index (χ2n) is 9.75. The molecule has 1 aromatic heterocycles. The average Bonchev–Trinajstić information content (AvgIpc) is 3.16. The van der Waals surface area contributed by atoms with Crippen molar-refractivity contribution in [3.05, 3.63) is 114 Å². The molecule has 0 spiro atoms. The number of hydrogen-bond acceptors (Lipinski definition) is 1. The lowest BCUT2D eigenvalue weighted by molar-refractivity contribution is 1.18. The highest BCUT2D eigenvalue weighted by atomic mass is 15.2. The summed E-state index contributed by atoms with van der Waals surface area (Å²) >= 11 is 0. The first-order valence-corrected chi connectivity index (χ1v) is 12.3. The van der Waals surface area contributed by atoms with Crippen LogP contribution in [0.1, 0.15) is 11.1 Å². The van der Waals surface area contributed by atoms with E-state index in [2.05, 4.69) is 125 Å². The molecule has 4 heterocycles. The standard InChI is InChI=1S/C32H19BN2/c1-4-13-26-20(8-1)16-17-21-9-7-12-25-31(21)34(26)29-19-18-23-22-10-2-5-14-27(22)35-28-15-6-3-11-24(28)33(25)30(29)32(23)35/h1-19H. The molecule has 0 N–H and O–H groups in total. The summed E-state index contributed by atoms with van der Waals surface area (Å²) in [5.74, 6) is 0. The number of benzene rings is 5. The Bertz CT molecular complexity index is 1930. The van der Waals surface area contributed by atoms with Gasteiger partial charge < -0.3 is 9.47 Å². The van der Waals surface area contributed by atoms with E-state index in [-0.39, 0.29) is 6.71 Å². The zero-order chi connectivity index (χ0) is 22.7. The third-order valence-corrected chi connectivity index (χ3v) is 8.12. The van der Waals surface area contributed by atoms with Crippen molar-refractivity contribution in [2.45, 2.75) is 0 Å². The fourth-order valence-electron chi connectivity index (χ4n) is 6.80. The van der Waals surface area contributed by atoms with Crippen LogP contribution in [-0.2, 0) is 0 Å². The summed E-state index contributed by atoms with van der Waals surface area (Å²) in [6, 6.07) is 38.1. The molecule has 0 fully saturated rings. The Kier molecular flexibility index (Phi) is 3.14.